The molecule has 4 nitrogen and oxygen atoms in total. The van der Waals surface area contributed by atoms with Gasteiger partial charge >= 0.3 is 0 Å². The Labute approximate surface area is 60.7 Å². The van der Waals surface area contributed by atoms with Crippen LogP contribution in [0.1, 0.15) is 0 Å². The monoisotopic (exact) mass is 158 g/mol. The Balaban J connectivity index is 2.67. The second-order valence-electron chi connectivity index (χ2n) is 1.59. The lowest BCUT2D eigenvalue weighted by Crippen LogP contribution is -2.01. The summed E-state index contributed by atoms with van der Waals surface area (Å²) >= 11 is -1.99. The molecule has 1 aromatic rings. The van der Waals surface area contributed by atoms with E-state index in [0.29, 0.717) is 5.69 Å². The Morgan fingerprint density at radius 3 is 2.60 bits per heavy atom. The molecule has 0 saturated carbocycles. The van der Waals surface area contributed by atoms with Gasteiger partial charge in [-0.15, -0.1) is 0 Å². The van der Waals surface area contributed by atoms with E-state index in [9.17, 15) is 4.21 Å². The van der Waals surface area contributed by atoms with Gasteiger partial charge in [0, 0.05) is 12.4 Å². The third-order valence-electron chi connectivity index (χ3n) is 0.885. The van der Waals surface area contributed by atoms with Gasteiger partial charge in [-0.05, 0) is 12.1 Å². The van der Waals surface area contributed by atoms with Gasteiger partial charge in [0.05, 0.1) is 5.69 Å². The molecule has 1 atom stereocenters. The van der Waals surface area contributed by atoms with E-state index in [1.807, 2.05) is 0 Å². The van der Waals surface area contributed by atoms with Crippen LogP contribution in [-0.2, 0) is 11.3 Å². The van der Waals surface area contributed by atoms with Crippen molar-refractivity contribution in [2.45, 2.75) is 0 Å². The maximum Gasteiger partial charge on any atom is 0.259 e. The highest BCUT2D eigenvalue weighted by atomic mass is 32.2. The zero-order chi connectivity index (χ0) is 7.40. The molecule has 0 fully saturated rings. The minimum absolute atomic E-state index is 0.579. The smallest absolute Gasteiger partial charge is 0.259 e. The molecule has 1 rings (SSSR count). The van der Waals surface area contributed by atoms with Crippen LogP contribution in [0.2, 0.25) is 0 Å². The summed E-state index contributed by atoms with van der Waals surface area (Å²) in [6, 6.07) is 3.21. The zero-order valence-corrected chi connectivity index (χ0v) is 5.84. The highest BCUT2D eigenvalue weighted by molar-refractivity contribution is 7.80. The lowest BCUT2D eigenvalue weighted by Gasteiger charge is -1.97. The van der Waals surface area contributed by atoms with Crippen LogP contribution in [0.3, 0.4) is 0 Å². The molecule has 1 unspecified atom stereocenters. The largest absolute Gasteiger partial charge is 0.289 e. The van der Waals surface area contributed by atoms with Crippen LogP contribution in [0, 0.1) is 0 Å². The Hall–Kier alpha value is -0.940. The molecule has 0 amide bonds. The van der Waals surface area contributed by atoms with E-state index in [1.165, 1.54) is 12.4 Å². The van der Waals surface area contributed by atoms with Gasteiger partial charge in [-0.2, -0.15) is 0 Å². The second-order valence-corrected chi connectivity index (χ2v) is 2.29. The maximum absolute atomic E-state index is 10.1. The molecule has 0 radical (unpaired) electrons. The molecule has 1 heterocycles. The van der Waals surface area contributed by atoms with Gasteiger partial charge in [0.1, 0.15) is 0 Å². The van der Waals surface area contributed by atoms with Crippen LogP contribution in [-0.4, -0.2) is 13.7 Å². The minimum Gasteiger partial charge on any atom is -0.289 e. The minimum atomic E-state index is -1.99. The van der Waals surface area contributed by atoms with Gasteiger partial charge in [0.25, 0.3) is 11.3 Å². The van der Waals surface area contributed by atoms with Gasteiger partial charge in [0.2, 0.25) is 0 Å². The van der Waals surface area contributed by atoms with E-state index < -0.39 is 11.3 Å². The van der Waals surface area contributed by atoms with Crippen molar-refractivity contribution >= 4 is 17.0 Å². The molecule has 10 heavy (non-hydrogen) atoms. The van der Waals surface area contributed by atoms with E-state index >= 15 is 0 Å². The lowest BCUT2D eigenvalue weighted by molar-refractivity contribution is 0.570. The first-order valence-corrected chi connectivity index (χ1v) is 3.67. The second kappa shape index (κ2) is 3.28. The number of nitrogens with zero attached hydrogens (tertiary/aromatic N) is 1. The van der Waals surface area contributed by atoms with Crippen LogP contribution < -0.4 is 4.72 Å². The molecule has 0 aromatic carbocycles. The molecule has 54 valence electrons. The van der Waals surface area contributed by atoms with E-state index in [1.54, 1.807) is 12.1 Å². The van der Waals surface area contributed by atoms with Crippen molar-refractivity contribution in [2.75, 3.05) is 4.72 Å². The molecule has 0 spiro atoms. The first-order chi connectivity index (χ1) is 4.79. The molecule has 5 heteroatoms. The Bertz CT molecular complexity index is 226. The molecule has 2 N–H and O–H groups in total. The Morgan fingerprint density at radius 2 is 2.10 bits per heavy atom. The zero-order valence-electron chi connectivity index (χ0n) is 5.02. The summed E-state index contributed by atoms with van der Waals surface area (Å²) < 4.78 is 20.8. The number of nitrogens with one attached hydrogen (secondary N) is 1. The average Bonchev–Trinajstić information content (AvgIpc) is 1.88. The molecule has 0 aliphatic rings. The molecular weight excluding hydrogens is 152 g/mol. The maximum atomic E-state index is 10.1. The van der Waals surface area contributed by atoms with E-state index in [2.05, 4.69) is 9.71 Å². The fraction of sp³-hybridized carbons (Fsp3) is 0. The summed E-state index contributed by atoms with van der Waals surface area (Å²) in [5, 5.41) is 0. The predicted octanol–water partition coefficient (Wildman–Crippen LogP) is 0.630. The van der Waals surface area contributed by atoms with Crippen molar-refractivity contribution in [3.8, 4) is 0 Å². The summed E-state index contributed by atoms with van der Waals surface area (Å²) in [6.45, 7) is 0. The number of hydrogen-bond acceptors (Lipinski definition) is 2. The summed E-state index contributed by atoms with van der Waals surface area (Å²) in [5.74, 6) is 0. The fourth-order valence-corrected chi connectivity index (χ4v) is 0.858. The topological polar surface area (TPSA) is 62.2 Å². The van der Waals surface area contributed by atoms with Crippen LogP contribution in [0.15, 0.2) is 24.5 Å². The van der Waals surface area contributed by atoms with Crippen molar-refractivity contribution in [1.29, 1.82) is 0 Å². The lowest BCUT2D eigenvalue weighted by atomic mass is 10.4. The quantitative estimate of drug-likeness (QED) is 0.620. The molecule has 0 bridgehead atoms. The Morgan fingerprint density at radius 1 is 1.50 bits per heavy atom. The summed E-state index contributed by atoms with van der Waals surface area (Å²) in [4.78, 5) is 3.73. The van der Waals surface area contributed by atoms with Crippen molar-refractivity contribution in [2.24, 2.45) is 0 Å². The normalized spacial score (nSPS) is 12.5. The van der Waals surface area contributed by atoms with Crippen molar-refractivity contribution in [3.05, 3.63) is 24.5 Å². The van der Waals surface area contributed by atoms with Gasteiger partial charge in [0.15, 0.2) is 0 Å². The standard InChI is InChI=1S/C5H6N2O2S/c8-10(9)7-5-1-3-6-4-2-5/h1-4H,(H,6,7)(H,8,9). The van der Waals surface area contributed by atoms with Crippen LogP contribution in [0.4, 0.5) is 5.69 Å². The number of rotatable bonds is 2. The third kappa shape index (κ3) is 2.12. The SMILES string of the molecule is O=S(O)Nc1ccncc1. The highest BCUT2D eigenvalue weighted by Crippen LogP contribution is 2.02. The first kappa shape index (κ1) is 7.17. The van der Waals surface area contributed by atoms with Crippen molar-refractivity contribution < 1.29 is 8.76 Å². The number of hydrogen-bond donors (Lipinski definition) is 2. The van der Waals surface area contributed by atoms with E-state index in [4.69, 9.17) is 4.55 Å². The van der Waals surface area contributed by atoms with E-state index in [-0.39, 0.29) is 0 Å². The van der Waals surface area contributed by atoms with Crippen LogP contribution in [0.25, 0.3) is 0 Å². The van der Waals surface area contributed by atoms with Gasteiger partial charge in [-0.1, -0.05) is 0 Å². The van der Waals surface area contributed by atoms with E-state index in [0.717, 1.165) is 0 Å². The van der Waals surface area contributed by atoms with Crippen LogP contribution >= 0.6 is 0 Å². The summed E-state index contributed by atoms with van der Waals surface area (Å²) in [5.41, 5.74) is 0.579. The molecule has 0 aliphatic heterocycles. The molecular formula is C5H6N2O2S. The predicted molar refractivity (Wildman–Crippen MR) is 38.6 cm³/mol. The highest BCUT2D eigenvalue weighted by Gasteiger charge is 1.91. The van der Waals surface area contributed by atoms with Crippen molar-refractivity contribution in [3.63, 3.8) is 0 Å². The average molecular weight is 158 g/mol. The third-order valence-corrected chi connectivity index (χ3v) is 1.30. The summed E-state index contributed by atoms with van der Waals surface area (Å²) in [6.07, 6.45) is 3.07. The van der Waals surface area contributed by atoms with Crippen LogP contribution in [0.5, 0.6) is 0 Å². The van der Waals surface area contributed by atoms with Crippen molar-refractivity contribution in [1.82, 2.24) is 4.98 Å². The van der Waals surface area contributed by atoms with Gasteiger partial charge < -0.3 is 0 Å². The molecule has 0 saturated heterocycles. The molecule has 1 aromatic heterocycles. The molecule has 0 aliphatic carbocycles. The summed E-state index contributed by atoms with van der Waals surface area (Å²) in [7, 11) is 0. The Kier molecular flexibility index (Phi) is 2.35. The first-order valence-electron chi connectivity index (χ1n) is 2.56. The number of anilines is 1. The number of pyridine rings is 1. The van der Waals surface area contributed by atoms with Gasteiger partial charge in [-0.3, -0.25) is 14.3 Å². The number of aromatic nitrogens is 1. The fourth-order valence-electron chi connectivity index (χ4n) is 0.521. The van der Waals surface area contributed by atoms with Gasteiger partial charge in [-0.25, -0.2) is 4.21 Å².